The van der Waals surface area contributed by atoms with Gasteiger partial charge in [-0.2, -0.15) is 0 Å². The third kappa shape index (κ3) is 7.41. The summed E-state index contributed by atoms with van der Waals surface area (Å²) < 4.78 is 6.31. The van der Waals surface area contributed by atoms with Gasteiger partial charge in [0.05, 0.1) is 0 Å². The van der Waals surface area contributed by atoms with Gasteiger partial charge < -0.3 is 10.1 Å². The van der Waals surface area contributed by atoms with E-state index in [1.807, 2.05) is 0 Å². The van der Waals surface area contributed by atoms with Gasteiger partial charge in [0.1, 0.15) is 0 Å². The molecule has 0 aromatic heterocycles. The Morgan fingerprint density at radius 2 is 2.00 bits per heavy atom. The van der Waals surface area contributed by atoms with Crippen LogP contribution in [0.25, 0.3) is 0 Å². The summed E-state index contributed by atoms with van der Waals surface area (Å²) in [4.78, 5) is 0. The van der Waals surface area contributed by atoms with Crippen LogP contribution in [-0.4, -0.2) is 26.8 Å². The molecule has 3 heteroatoms. The molecule has 20 heavy (non-hydrogen) atoms. The Labute approximate surface area is 132 Å². The highest BCUT2D eigenvalue weighted by Crippen LogP contribution is 2.24. The summed E-state index contributed by atoms with van der Waals surface area (Å²) in [5.41, 5.74) is 1.42. The van der Waals surface area contributed by atoms with Gasteiger partial charge in [-0.1, -0.05) is 48.3 Å². The van der Waals surface area contributed by atoms with Gasteiger partial charge in [0.15, 0.2) is 0 Å². The van der Waals surface area contributed by atoms with Gasteiger partial charge in [-0.05, 0) is 48.9 Å². The first-order chi connectivity index (χ1) is 9.63. The van der Waals surface area contributed by atoms with Crippen LogP contribution < -0.4 is 5.32 Å². The van der Waals surface area contributed by atoms with Crippen LogP contribution in [0.1, 0.15) is 44.6 Å². The third-order valence-corrected chi connectivity index (χ3v) is 3.91. The number of benzene rings is 1. The fourth-order valence-electron chi connectivity index (χ4n) is 2.33. The zero-order chi connectivity index (χ0) is 14.8. The molecule has 1 aromatic carbocycles. The molecule has 0 aliphatic carbocycles. The molecule has 0 saturated heterocycles. The van der Waals surface area contributed by atoms with Crippen molar-refractivity contribution in [3.63, 3.8) is 0 Å². The van der Waals surface area contributed by atoms with Gasteiger partial charge in [-0.15, -0.1) is 0 Å². The molecule has 0 bridgehead atoms. The standard InChI is InChI=1S/C17H28BrNO/c1-14(2)12-19-13-16(7-4-5-10-20-3)15-8-6-9-17(18)11-15/h6,8-9,11,14,16,19H,4-5,7,10,12-13H2,1-3H3. The summed E-state index contributed by atoms with van der Waals surface area (Å²) in [7, 11) is 1.77. The minimum absolute atomic E-state index is 0.586. The number of halogens is 1. The van der Waals surface area contributed by atoms with E-state index in [-0.39, 0.29) is 0 Å². The number of hydrogen-bond acceptors (Lipinski definition) is 2. The second-order valence-corrected chi connectivity index (χ2v) is 6.71. The highest BCUT2D eigenvalue weighted by atomic mass is 79.9. The van der Waals surface area contributed by atoms with Crippen LogP contribution in [-0.2, 0) is 4.74 Å². The summed E-state index contributed by atoms with van der Waals surface area (Å²) in [5, 5.41) is 3.60. The number of unbranched alkanes of at least 4 members (excludes halogenated alkanes) is 1. The Bertz CT molecular complexity index is 368. The van der Waals surface area contributed by atoms with Crippen LogP contribution in [0.2, 0.25) is 0 Å². The number of nitrogens with one attached hydrogen (secondary N) is 1. The van der Waals surface area contributed by atoms with Crippen molar-refractivity contribution in [3.8, 4) is 0 Å². The van der Waals surface area contributed by atoms with Crippen LogP contribution in [0.4, 0.5) is 0 Å². The van der Waals surface area contributed by atoms with Crippen LogP contribution in [0, 0.1) is 5.92 Å². The predicted molar refractivity (Wildman–Crippen MR) is 90.3 cm³/mol. The fraction of sp³-hybridized carbons (Fsp3) is 0.647. The van der Waals surface area contributed by atoms with E-state index in [1.54, 1.807) is 7.11 Å². The summed E-state index contributed by atoms with van der Waals surface area (Å²) in [6.07, 6.45) is 3.57. The molecule has 1 unspecified atom stereocenters. The average molecular weight is 342 g/mol. The fourth-order valence-corrected chi connectivity index (χ4v) is 2.75. The maximum atomic E-state index is 5.14. The molecule has 1 aromatic rings. The van der Waals surface area contributed by atoms with Crippen LogP contribution >= 0.6 is 15.9 Å². The monoisotopic (exact) mass is 341 g/mol. The summed E-state index contributed by atoms with van der Waals surface area (Å²) >= 11 is 3.57. The van der Waals surface area contributed by atoms with Gasteiger partial charge >= 0.3 is 0 Å². The maximum absolute atomic E-state index is 5.14. The number of methoxy groups -OCH3 is 1. The van der Waals surface area contributed by atoms with Crippen molar-refractivity contribution in [2.24, 2.45) is 5.92 Å². The third-order valence-electron chi connectivity index (χ3n) is 3.41. The van der Waals surface area contributed by atoms with Crippen LogP contribution in [0.3, 0.4) is 0 Å². The molecule has 2 nitrogen and oxygen atoms in total. The van der Waals surface area contributed by atoms with Gasteiger partial charge in [-0.25, -0.2) is 0 Å². The van der Waals surface area contributed by atoms with Gasteiger partial charge in [-0.3, -0.25) is 0 Å². The molecule has 114 valence electrons. The number of ether oxygens (including phenoxy) is 1. The lowest BCUT2D eigenvalue weighted by molar-refractivity contribution is 0.191. The Kier molecular flexibility index (Phi) is 9.16. The van der Waals surface area contributed by atoms with E-state index in [9.17, 15) is 0 Å². The lowest BCUT2D eigenvalue weighted by atomic mass is 9.93. The maximum Gasteiger partial charge on any atom is 0.0462 e. The first-order valence-corrected chi connectivity index (χ1v) is 8.38. The molecule has 0 spiro atoms. The smallest absolute Gasteiger partial charge is 0.0462 e. The minimum atomic E-state index is 0.586. The molecule has 1 N–H and O–H groups in total. The van der Waals surface area contributed by atoms with E-state index in [0.29, 0.717) is 11.8 Å². The van der Waals surface area contributed by atoms with Crippen molar-refractivity contribution in [2.45, 2.75) is 39.0 Å². The predicted octanol–water partition coefficient (Wildman–Crippen LogP) is 4.60. The number of hydrogen-bond donors (Lipinski definition) is 1. The van der Waals surface area contributed by atoms with Crippen molar-refractivity contribution in [1.29, 1.82) is 0 Å². The van der Waals surface area contributed by atoms with E-state index in [1.165, 1.54) is 22.9 Å². The van der Waals surface area contributed by atoms with Gasteiger partial charge in [0, 0.05) is 24.7 Å². The van der Waals surface area contributed by atoms with E-state index in [4.69, 9.17) is 4.74 Å². The normalized spacial score (nSPS) is 12.8. The minimum Gasteiger partial charge on any atom is -0.385 e. The molecule has 0 amide bonds. The lowest BCUT2D eigenvalue weighted by Crippen LogP contribution is -2.25. The molecule has 0 heterocycles. The molecule has 0 aliphatic heterocycles. The summed E-state index contributed by atoms with van der Waals surface area (Å²) in [5.74, 6) is 1.29. The summed E-state index contributed by atoms with van der Waals surface area (Å²) in [6, 6.07) is 8.71. The van der Waals surface area contributed by atoms with Gasteiger partial charge in [0.25, 0.3) is 0 Å². The zero-order valence-electron chi connectivity index (χ0n) is 13.0. The lowest BCUT2D eigenvalue weighted by Gasteiger charge is -2.19. The molecular formula is C17H28BrNO. The Hall–Kier alpha value is -0.380. The first-order valence-electron chi connectivity index (χ1n) is 7.58. The van der Waals surface area contributed by atoms with Crippen molar-refractivity contribution < 1.29 is 4.74 Å². The molecule has 1 rings (SSSR count). The van der Waals surface area contributed by atoms with Crippen LogP contribution in [0.15, 0.2) is 28.7 Å². The van der Waals surface area contributed by atoms with E-state index in [2.05, 4.69) is 59.4 Å². The molecule has 0 radical (unpaired) electrons. The quantitative estimate of drug-likeness (QED) is 0.628. The second-order valence-electron chi connectivity index (χ2n) is 5.79. The Balaban J connectivity index is 2.53. The van der Waals surface area contributed by atoms with E-state index < -0.39 is 0 Å². The highest BCUT2D eigenvalue weighted by Gasteiger charge is 2.11. The van der Waals surface area contributed by atoms with Crippen molar-refractivity contribution in [1.82, 2.24) is 5.32 Å². The Morgan fingerprint density at radius 3 is 2.65 bits per heavy atom. The molecular weight excluding hydrogens is 314 g/mol. The summed E-state index contributed by atoms with van der Waals surface area (Å²) in [6.45, 7) is 7.51. The van der Waals surface area contributed by atoms with Crippen molar-refractivity contribution in [2.75, 3.05) is 26.8 Å². The van der Waals surface area contributed by atoms with Crippen LogP contribution in [0.5, 0.6) is 0 Å². The molecule has 1 atom stereocenters. The van der Waals surface area contributed by atoms with Gasteiger partial charge in [0.2, 0.25) is 0 Å². The van der Waals surface area contributed by atoms with E-state index in [0.717, 1.165) is 26.1 Å². The SMILES string of the molecule is COCCCCC(CNCC(C)C)c1cccc(Br)c1. The molecule has 0 saturated carbocycles. The topological polar surface area (TPSA) is 21.3 Å². The first kappa shape index (κ1) is 17.7. The Morgan fingerprint density at radius 1 is 1.20 bits per heavy atom. The highest BCUT2D eigenvalue weighted by molar-refractivity contribution is 9.10. The zero-order valence-corrected chi connectivity index (χ0v) is 14.6. The average Bonchev–Trinajstić information content (AvgIpc) is 2.41. The number of rotatable bonds is 10. The molecule has 0 aliphatic rings. The van der Waals surface area contributed by atoms with Crippen molar-refractivity contribution >= 4 is 15.9 Å². The largest absolute Gasteiger partial charge is 0.385 e. The van der Waals surface area contributed by atoms with E-state index >= 15 is 0 Å². The second kappa shape index (κ2) is 10.4. The van der Waals surface area contributed by atoms with Crippen molar-refractivity contribution in [3.05, 3.63) is 34.3 Å². The molecule has 0 fully saturated rings.